The first-order chi connectivity index (χ1) is 50.4. The fourth-order valence-electron chi connectivity index (χ4n) is 19.9. The molecule has 4 amide bonds. The Kier molecular flexibility index (Phi) is 22.7. The minimum absolute atomic E-state index is 0.00656. The van der Waals surface area contributed by atoms with Gasteiger partial charge >= 0.3 is 0 Å². The highest BCUT2D eigenvalue weighted by Crippen LogP contribution is 2.55. The van der Waals surface area contributed by atoms with Gasteiger partial charge in [-0.15, -0.1) is 0 Å². The number of carbonyl (C=O) groups excluding carboxylic acids is 4. The molecule has 2 aromatic carbocycles. The van der Waals surface area contributed by atoms with Crippen molar-refractivity contribution >= 4 is 35.3 Å². The first-order valence-corrected chi connectivity index (χ1v) is 38.8. The van der Waals surface area contributed by atoms with Crippen molar-refractivity contribution in [2.75, 3.05) is 187 Å². The molecular weight excluding hydrogens is 1320 g/mol. The Morgan fingerprint density at radius 1 is 0.644 bits per heavy atom. The predicted octanol–water partition coefficient (Wildman–Crippen LogP) is 7.82. The molecule has 0 N–H and O–H groups in total. The number of rotatable bonds is 24. The van der Waals surface area contributed by atoms with E-state index in [4.69, 9.17) is 24.2 Å². The maximum absolute atomic E-state index is 16.2. The van der Waals surface area contributed by atoms with E-state index in [-0.39, 0.29) is 75.7 Å². The highest BCUT2D eigenvalue weighted by Gasteiger charge is 2.60. The summed E-state index contributed by atoms with van der Waals surface area (Å²) in [6.45, 7) is 37.4. The number of carbonyl (C=O) groups is 4. The number of methoxy groups -OCH3 is 1. The molecule has 10 saturated heterocycles. The molecule has 0 aliphatic carbocycles. The van der Waals surface area contributed by atoms with E-state index in [9.17, 15) is 14.4 Å². The predicted molar refractivity (Wildman–Crippen MR) is 395 cm³/mol. The fourth-order valence-corrected chi connectivity index (χ4v) is 19.9. The molecule has 0 radical (unpaired) electrons. The highest BCUT2D eigenvalue weighted by molar-refractivity contribution is 5.98. The molecule has 2 spiro atoms. The van der Waals surface area contributed by atoms with Gasteiger partial charge in [0.15, 0.2) is 23.1 Å². The molecule has 10 fully saturated rings. The van der Waals surface area contributed by atoms with Crippen molar-refractivity contribution in [3.8, 4) is 23.0 Å². The quantitative estimate of drug-likeness (QED) is 0.0618. The van der Waals surface area contributed by atoms with Gasteiger partial charge in [-0.3, -0.25) is 29.0 Å². The maximum Gasteiger partial charge on any atom is 0.258 e. The Morgan fingerprint density at radius 2 is 1.27 bits per heavy atom. The van der Waals surface area contributed by atoms with Crippen LogP contribution in [-0.4, -0.2) is 300 Å². The highest BCUT2D eigenvalue weighted by atomic mass is 19.1. The summed E-state index contributed by atoms with van der Waals surface area (Å²) >= 11 is 0. The van der Waals surface area contributed by atoms with E-state index in [0.717, 1.165) is 189 Å². The molecule has 562 valence electrons. The number of likely N-dealkylation sites (tertiary alicyclic amines) is 7. The van der Waals surface area contributed by atoms with Gasteiger partial charge in [-0.25, -0.2) is 28.7 Å². The van der Waals surface area contributed by atoms with Crippen LogP contribution in [0.5, 0.6) is 23.0 Å². The Bertz CT molecular complexity index is 3730. The normalized spacial score (nSPS) is 27.2. The summed E-state index contributed by atoms with van der Waals surface area (Å²) in [5.41, 5.74) is 0.310. The number of aromatic nitrogens is 4. The molecule has 104 heavy (non-hydrogen) atoms. The number of amides is 4. The van der Waals surface area contributed by atoms with Crippen LogP contribution in [0.15, 0.2) is 86.3 Å². The van der Waals surface area contributed by atoms with Crippen LogP contribution in [0.4, 0.5) is 20.4 Å². The summed E-state index contributed by atoms with van der Waals surface area (Å²) in [7, 11) is 1.63. The number of piperazine rings is 1. The molecule has 4 aromatic rings. The van der Waals surface area contributed by atoms with E-state index in [0.29, 0.717) is 72.0 Å². The van der Waals surface area contributed by atoms with Gasteiger partial charge < -0.3 is 63.2 Å². The van der Waals surface area contributed by atoms with Gasteiger partial charge in [0.05, 0.1) is 36.2 Å². The lowest BCUT2D eigenvalue weighted by Crippen LogP contribution is -2.61. The lowest BCUT2D eigenvalue weighted by molar-refractivity contribution is -0.128. The molecule has 2 bridgehead atoms. The molecule has 10 aliphatic rings. The third-order valence-electron chi connectivity index (χ3n) is 25.6. The SMILES string of the molecule is C=CC(=O)N1CCC2CN(CCN3CCC(CN4CCC56CC(C(C)N(C(=O)c7cc(F)ccc7Oc7cncnc7N7CC[C@@H](CN8CC9(CCN(CCN%10CCN(C(=O)/C=C/COC)CC%10)CC9)C8)C7)C(C)C5C4)N(c4ncncc4Oc4ccc(F)cc4C(=O)N(CC)C(C)C)C6)CC3)C[C@H]21. The largest absolute Gasteiger partial charge is 0.451 e. The first kappa shape index (κ1) is 73.6. The van der Waals surface area contributed by atoms with Gasteiger partial charge in [-0.05, 0) is 196 Å². The van der Waals surface area contributed by atoms with Crippen LogP contribution in [0.2, 0.25) is 0 Å². The zero-order valence-corrected chi connectivity index (χ0v) is 62.2. The number of nitrogens with zero attached hydrogens (tertiary/aromatic N) is 16. The van der Waals surface area contributed by atoms with Gasteiger partial charge in [0.1, 0.15) is 35.8 Å². The summed E-state index contributed by atoms with van der Waals surface area (Å²) in [5, 5.41) is 0. The Labute approximate surface area is 613 Å². The molecule has 14 rings (SSSR count). The van der Waals surface area contributed by atoms with Gasteiger partial charge in [0, 0.05) is 168 Å². The number of halogens is 2. The molecule has 12 heterocycles. The van der Waals surface area contributed by atoms with Crippen LogP contribution >= 0.6 is 0 Å². The average molecular weight is 1430 g/mol. The van der Waals surface area contributed by atoms with Gasteiger partial charge in [0.2, 0.25) is 11.8 Å². The Morgan fingerprint density at radius 3 is 1.95 bits per heavy atom. The van der Waals surface area contributed by atoms with E-state index >= 15 is 13.6 Å². The second-order valence-corrected chi connectivity index (χ2v) is 32.2. The molecule has 0 saturated carbocycles. The van der Waals surface area contributed by atoms with E-state index in [1.807, 2.05) is 35.5 Å². The van der Waals surface area contributed by atoms with E-state index < -0.39 is 17.7 Å². The van der Waals surface area contributed by atoms with Crippen LogP contribution < -0.4 is 19.3 Å². The molecule has 25 heteroatoms. The van der Waals surface area contributed by atoms with Crippen molar-refractivity contribution in [2.45, 2.75) is 116 Å². The van der Waals surface area contributed by atoms with Crippen molar-refractivity contribution in [1.82, 2.24) is 68.9 Å². The van der Waals surface area contributed by atoms with Crippen molar-refractivity contribution in [3.63, 3.8) is 0 Å². The second kappa shape index (κ2) is 32.1. The third kappa shape index (κ3) is 15.8. The Hall–Kier alpha value is -7.26. The van der Waals surface area contributed by atoms with Crippen molar-refractivity contribution in [1.29, 1.82) is 0 Å². The third-order valence-corrected chi connectivity index (χ3v) is 25.6. The van der Waals surface area contributed by atoms with E-state index in [1.54, 1.807) is 48.9 Å². The topological polar surface area (TPSA) is 186 Å². The molecule has 6 unspecified atom stereocenters. The van der Waals surface area contributed by atoms with E-state index in [1.165, 1.54) is 55.6 Å². The van der Waals surface area contributed by atoms with Gasteiger partial charge in [-0.2, -0.15) is 0 Å². The number of benzene rings is 2. The van der Waals surface area contributed by atoms with Crippen LogP contribution in [0.25, 0.3) is 0 Å². The monoisotopic (exact) mass is 1430 g/mol. The molecule has 23 nitrogen and oxygen atoms in total. The number of anilines is 2. The summed E-state index contributed by atoms with van der Waals surface area (Å²) in [6.07, 6.45) is 19.5. The number of hydrogen-bond donors (Lipinski definition) is 0. The van der Waals surface area contributed by atoms with E-state index in [2.05, 4.69) is 69.6 Å². The van der Waals surface area contributed by atoms with Gasteiger partial charge in [0.25, 0.3) is 11.8 Å². The minimum Gasteiger partial charge on any atom is -0.451 e. The van der Waals surface area contributed by atoms with Crippen LogP contribution in [0, 0.1) is 46.1 Å². The van der Waals surface area contributed by atoms with Crippen molar-refractivity contribution in [2.24, 2.45) is 34.5 Å². The fraction of sp³-hybridized carbons (Fsp3) is 0.646. The lowest BCUT2D eigenvalue weighted by Gasteiger charge is -2.55. The number of ether oxygens (including phenoxy) is 3. The van der Waals surface area contributed by atoms with Crippen molar-refractivity contribution in [3.05, 3.63) is 109 Å². The standard InChI is InChI=1S/C79H110F2N16O7/c1-8-72(98)95-26-19-60-47-90(49-67(60)95)33-32-86-23-16-58(17-24-86)44-89-29-22-79-41-66(96(52-79)75-71(43-83-54-85-75)104-68-14-12-61(80)39-63(68)76(100)94(9-2)55(3)4)57(6)97(56(5)65(79)48-89)77(101)64-40-62(81)13-15-69(64)103-70-42-82-53-84-74(70)93-25-18-59(46-93)45-91-50-78(51-91)20-27-87(28-21-78)30-31-88-34-36-92(37-35-88)73(99)11-10-38-102-7/h8,10-15,39-40,42-43,53-60,65-67H,1,9,16-38,41,44-52H2,2-7H3/b11-10+/t56?,57?,59-,60?,65?,66?,67+,79?/m0/s1. The molecule has 8 atom stereocenters. The smallest absolute Gasteiger partial charge is 0.258 e. The summed E-state index contributed by atoms with van der Waals surface area (Å²) in [5.74, 6) is 2.07. The van der Waals surface area contributed by atoms with Crippen LogP contribution in [0.1, 0.15) is 107 Å². The van der Waals surface area contributed by atoms with Crippen LogP contribution in [0.3, 0.4) is 0 Å². The average Bonchev–Trinajstić information content (AvgIpc) is 1.54. The van der Waals surface area contributed by atoms with Crippen molar-refractivity contribution < 1.29 is 42.2 Å². The first-order valence-electron chi connectivity index (χ1n) is 38.8. The lowest BCUT2D eigenvalue weighted by atomic mass is 9.66. The molecular formula is C79H110F2N16O7. The number of piperidine rings is 3. The summed E-state index contributed by atoms with van der Waals surface area (Å²) in [6, 6.07) is 7.38. The zero-order valence-electron chi connectivity index (χ0n) is 62.2. The second-order valence-electron chi connectivity index (χ2n) is 32.2. The van der Waals surface area contributed by atoms with Crippen LogP contribution in [-0.2, 0) is 14.3 Å². The molecule has 10 aliphatic heterocycles. The number of hydrogen-bond acceptors (Lipinski definition) is 19. The molecule has 2 aromatic heterocycles. The summed E-state index contributed by atoms with van der Waals surface area (Å²) < 4.78 is 50.0. The van der Waals surface area contributed by atoms with Gasteiger partial charge in [-0.1, -0.05) is 12.7 Å². The number of fused-ring (bicyclic) bond motifs is 2. The summed E-state index contributed by atoms with van der Waals surface area (Å²) in [4.78, 5) is 102. The maximum atomic E-state index is 16.2. The zero-order chi connectivity index (χ0) is 72.4. The minimum atomic E-state index is -0.557. The Balaban J connectivity index is 0.648.